The summed E-state index contributed by atoms with van der Waals surface area (Å²) in [7, 11) is 0. The zero-order valence-corrected chi connectivity index (χ0v) is 16.5. The van der Waals surface area contributed by atoms with E-state index < -0.39 is 11.9 Å². The summed E-state index contributed by atoms with van der Waals surface area (Å²) in [5.41, 5.74) is 7.31. The second-order valence-corrected chi connectivity index (χ2v) is 7.83. The minimum atomic E-state index is -0.873. The van der Waals surface area contributed by atoms with Gasteiger partial charge in [0.25, 0.3) is 0 Å². The van der Waals surface area contributed by atoms with Crippen molar-refractivity contribution in [3.63, 3.8) is 0 Å². The topological polar surface area (TPSA) is 134 Å². The van der Waals surface area contributed by atoms with Gasteiger partial charge in [0, 0.05) is 56.6 Å². The monoisotopic (exact) mass is 403 g/mol. The van der Waals surface area contributed by atoms with Crippen LogP contribution in [0, 0.1) is 11.3 Å². The molecule has 1 aromatic rings. The number of nitrogens with two attached hydrogens (primary N) is 1. The first kappa shape index (κ1) is 21.1. The van der Waals surface area contributed by atoms with Gasteiger partial charge in [0.15, 0.2) is 0 Å². The number of carboxylic acid groups (broad SMARTS) is 2. The summed E-state index contributed by atoms with van der Waals surface area (Å²) in [5.74, 6) is -1.72. The van der Waals surface area contributed by atoms with Gasteiger partial charge in [0.05, 0.1) is 13.0 Å². The van der Waals surface area contributed by atoms with Crippen molar-refractivity contribution in [1.82, 2.24) is 9.80 Å². The SMILES string of the molecule is N=C(N)c1ccc(N2CCN(C3CCN(CC(=O)O)CC3CC(=O)O)CC2)cc1. The Hall–Kier alpha value is -2.65. The number of hydrogen-bond donors (Lipinski definition) is 4. The van der Waals surface area contributed by atoms with Gasteiger partial charge < -0.3 is 20.8 Å². The number of amidine groups is 1. The number of nitrogens with one attached hydrogen (secondary N) is 1. The van der Waals surface area contributed by atoms with E-state index in [4.69, 9.17) is 16.2 Å². The van der Waals surface area contributed by atoms with Crippen LogP contribution >= 0.6 is 0 Å². The number of hydrogen-bond acceptors (Lipinski definition) is 6. The number of nitrogen functional groups attached to an aromatic ring is 1. The van der Waals surface area contributed by atoms with Crippen molar-refractivity contribution < 1.29 is 19.8 Å². The minimum Gasteiger partial charge on any atom is -0.481 e. The highest BCUT2D eigenvalue weighted by molar-refractivity contribution is 5.95. The lowest BCUT2D eigenvalue weighted by Crippen LogP contribution is -2.57. The Morgan fingerprint density at radius 2 is 1.69 bits per heavy atom. The van der Waals surface area contributed by atoms with Gasteiger partial charge in [-0.05, 0) is 36.6 Å². The highest BCUT2D eigenvalue weighted by Crippen LogP contribution is 2.27. The maximum Gasteiger partial charge on any atom is 0.317 e. The Balaban J connectivity index is 1.60. The summed E-state index contributed by atoms with van der Waals surface area (Å²) in [6.07, 6.45) is 0.853. The largest absolute Gasteiger partial charge is 0.481 e. The molecule has 2 aliphatic heterocycles. The third-order valence-corrected chi connectivity index (χ3v) is 5.90. The van der Waals surface area contributed by atoms with Gasteiger partial charge in [-0.25, -0.2) is 0 Å². The fraction of sp³-hybridized carbons (Fsp3) is 0.550. The summed E-state index contributed by atoms with van der Waals surface area (Å²) >= 11 is 0. The molecule has 2 atom stereocenters. The van der Waals surface area contributed by atoms with Crippen molar-refractivity contribution in [3.05, 3.63) is 29.8 Å². The first-order valence-electron chi connectivity index (χ1n) is 9.93. The molecule has 9 heteroatoms. The molecule has 5 N–H and O–H groups in total. The predicted octanol–water partition coefficient (Wildman–Crippen LogP) is 0.342. The van der Waals surface area contributed by atoms with Crippen LogP contribution < -0.4 is 10.6 Å². The Morgan fingerprint density at radius 1 is 1.03 bits per heavy atom. The van der Waals surface area contributed by atoms with Gasteiger partial charge in [0.1, 0.15) is 5.84 Å². The molecule has 2 fully saturated rings. The molecule has 9 nitrogen and oxygen atoms in total. The number of anilines is 1. The van der Waals surface area contributed by atoms with Crippen LogP contribution in [0.2, 0.25) is 0 Å². The van der Waals surface area contributed by atoms with Crippen LogP contribution in [0.4, 0.5) is 5.69 Å². The molecule has 158 valence electrons. The number of rotatable bonds is 7. The molecule has 0 amide bonds. The average molecular weight is 403 g/mol. The number of benzene rings is 1. The molecule has 0 aliphatic carbocycles. The lowest BCUT2D eigenvalue weighted by Gasteiger charge is -2.46. The van der Waals surface area contributed by atoms with Crippen LogP contribution in [0.3, 0.4) is 0 Å². The lowest BCUT2D eigenvalue weighted by molar-refractivity contribution is -0.140. The highest BCUT2D eigenvalue weighted by Gasteiger charge is 2.36. The third kappa shape index (κ3) is 5.45. The van der Waals surface area contributed by atoms with Gasteiger partial charge in [-0.1, -0.05) is 0 Å². The Morgan fingerprint density at radius 3 is 2.24 bits per heavy atom. The summed E-state index contributed by atoms with van der Waals surface area (Å²) < 4.78 is 0. The maximum absolute atomic E-state index is 11.4. The summed E-state index contributed by atoms with van der Waals surface area (Å²) in [6, 6.07) is 7.82. The number of nitrogens with zero attached hydrogens (tertiary/aromatic N) is 3. The van der Waals surface area contributed by atoms with E-state index in [1.54, 1.807) is 0 Å². The third-order valence-electron chi connectivity index (χ3n) is 5.90. The van der Waals surface area contributed by atoms with Crippen LogP contribution in [-0.4, -0.2) is 89.6 Å². The van der Waals surface area contributed by atoms with E-state index in [1.807, 2.05) is 29.2 Å². The van der Waals surface area contributed by atoms with Crippen molar-refractivity contribution in [3.8, 4) is 0 Å². The first-order valence-corrected chi connectivity index (χ1v) is 9.93. The number of carboxylic acids is 2. The number of piperazine rings is 1. The number of likely N-dealkylation sites (tertiary alicyclic amines) is 1. The molecule has 2 aliphatic rings. The zero-order chi connectivity index (χ0) is 21.0. The van der Waals surface area contributed by atoms with E-state index in [9.17, 15) is 14.7 Å². The first-order chi connectivity index (χ1) is 13.8. The van der Waals surface area contributed by atoms with Crippen molar-refractivity contribution >= 4 is 23.5 Å². The van der Waals surface area contributed by atoms with E-state index in [0.29, 0.717) is 18.7 Å². The van der Waals surface area contributed by atoms with E-state index >= 15 is 0 Å². The molecule has 2 unspecified atom stereocenters. The molecule has 0 radical (unpaired) electrons. The van der Waals surface area contributed by atoms with Crippen LogP contribution in [-0.2, 0) is 9.59 Å². The molecule has 0 saturated carbocycles. The molecule has 3 rings (SSSR count). The van der Waals surface area contributed by atoms with E-state index in [2.05, 4.69) is 9.80 Å². The number of piperidine rings is 1. The highest BCUT2D eigenvalue weighted by atomic mass is 16.4. The average Bonchev–Trinajstić information content (AvgIpc) is 2.67. The predicted molar refractivity (Wildman–Crippen MR) is 109 cm³/mol. The van der Waals surface area contributed by atoms with E-state index in [0.717, 1.165) is 38.3 Å². The van der Waals surface area contributed by atoms with E-state index in [-0.39, 0.29) is 30.8 Å². The van der Waals surface area contributed by atoms with Crippen LogP contribution in [0.5, 0.6) is 0 Å². The van der Waals surface area contributed by atoms with E-state index in [1.165, 1.54) is 0 Å². The minimum absolute atomic E-state index is 0.0348. The molecule has 0 bridgehead atoms. The van der Waals surface area contributed by atoms with Crippen LogP contribution in [0.1, 0.15) is 18.4 Å². The summed E-state index contributed by atoms with van der Waals surface area (Å²) in [6.45, 7) is 4.52. The van der Waals surface area contributed by atoms with Crippen molar-refractivity contribution in [2.45, 2.75) is 18.9 Å². The second-order valence-electron chi connectivity index (χ2n) is 7.83. The molecule has 29 heavy (non-hydrogen) atoms. The standard InChI is InChI=1S/C20H29N5O4/c21-20(22)14-1-3-16(4-2-14)24-7-9-25(10-8-24)17-5-6-23(13-19(28)29)12-15(17)11-18(26)27/h1-4,15,17H,5-13H2,(H3,21,22)(H,26,27)(H,28,29). The molecular weight excluding hydrogens is 374 g/mol. The molecule has 2 heterocycles. The molecule has 2 saturated heterocycles. The normalized spacial score (nSPS) is 23.7. The second kappa shape index (κ2) is 9.23. The molecule has 0 spiro atoms. The van der Waals surface area contributed by atoms with Crippen molar-refractivity contribution in [1.29, 1.82) is 5.41 Å². The van der Waals surface area contributed by atoms with Crippen molar-refractivity contribution in [2.24, 2.45) is 11.7 Å². The van der Waals surface area contributed by atoms with Crippen LogP contribution in [0.25, 0.3) is 0 Å². The number of carbonyl (C=O) groups is 2. The molecular formula is C20H29N5O4. The Kier molecular flexibility index (Phi) is 6.71. The smallest absolute Gasteiger partial charge is 0.317 e. The summed E-state index contributed by atoms with van der Waals surface area (Å²) in [4.78, 5) is 28.9. The fourth-order valence-electron chi connectivity index (χ4n) is 4.50. The van der Waals surface area contributed by atoms with Crippen LogP contribution in [0.15, 0.2) is 24.3 Å². The van der Waals surface area contributed by atoms with Crippen molar-refractivity contribution in [2.75, 3.05) is 50.7 Å². The van der Waals surface area contributed by atoms with Gasteiger partial charge in [-0.2, -0.15) is 0 Å². The Bertz CT molecular complexity index is 746. The maximum atomic E-state index is 11.4. The lowest BCUT2D eigenvalue weighted by atomic mass is 9.87. The number of aliphatic carboxylic acids is 2. The fourth-order valence-corrected chi connectivity index (χ4v) is 4.50. The summed E-state index contributed by atoms with van der Waals surface area (Å²) in [5, 5.41) is 25.8. The Labute approximate surface area is 170 Å². The molecule has 1 aromatic carbocycles. The van der Waals surface area contributed by atoms with Gasteiger partial charge >= 0.3 is 11.9 Å². The molecule has 0 aromatic heterocycles. The quantitative estimate of drug-likeness (QED) is 0.378. The zero-order valence-electron chi connectivity index (χ0n) is 16.5. The van der Waals surface area contributed by atoms with Gasteiger partial charge in [-0.3, -0.25) is 24.8 Å². The van der Waals surface area contributed by atoms with Gasteiger partial charge in [-0.15, -0.1) is 0 Å². The van der Waals surface area contributed by atoms with Gasteiger partial charge in [0.2, 0.25) is 0 Å².